The van der Waals surface area contributed by atoms with E-state index < -0.39 is 0 Å². The SMILES string of the molecule is CN[C@H]1CCCN(C(=O)c2nn(-c3ccccc3)cc2O)C1. The van der Waals surface area contributed by atoms with Gasteiger partial charge in [0.1, 0.15) is 0 Å². The second-order valence-electron chi connectivity index (χ2n) is 5.52. The van der Waals surface area contributed by atoms with Crippen LogP contribution in [0.4, 0.5) is 0 Å². The zero-order valence-electron chi connectivity index (χ0n) is 12.6. The first-order valence-electron chi connectivity index (χ1n) is 7.49. The van der Waals surface area contributed by atoms with Crippen molar-refractivity contribution in [1.82, 2.24) is 20.0 Å². The quantitative estimate of drug-likeness (QED) is 0.899. The third-order valence-electron chi connectivity index (χ3n) is 4.04. The van der Waals surface area contributed by atoms with Gasteiger partial charge in [0.15, 0.2) is 11.4 Å². The summed E-state index contributed by atoms with van der Waals surface area (Å²) in [6, 6.07) is 9.73. The Bertz CT molecular complexity index is 653. The van der Waals surface area contributed by atoms with Gasteiger partial charge in [-0.05, 0) is 32.0 Å². The number of piperidine rings is 1. The van der Waals surface area contributed by atoms with Crippen LogP contribution in [0, 0.1) is 0 Å². The first-order chi connectivity index (χ1) is 10.7. The van der Waals surface area contributed by atoms with Gasteiger partial charge in [-0.25, -0.2) is 4.68 Å². The molecule has 116 valence electrons. The molecule has 0 aliphatic carbocycles. The van der Waals surface area contributed by atoms with Crippen molar-refractivity contribution in [3.05, 3.63) is 42.2 Å². The van der Waals surface area contributed by atoms with Crippen molar-refractivity contribution in [3.8, 4) is 11.4 Å². The summed E-state index contributed by atoms with van der Waals surface area (Å²) >= 11 is 0. The highest BCUT2D eigenvalue weighted by Crippen LogP contribution is 2.21. The van der Waals surface area contributed by atoms with E-state index in [1.807, 2.05) is 37.4 Å². The van der Waals surface area contributed by atoms with Crippen LogP contribution in [0.2, 0.25) is 0 Å². The van der Waals surface area contributed by atoms with Crippen molar-refractivity contribution in [1.29, 1.82) is 0 Å². The number of aromatic nitrogens is 2. The molecule has 22 heavy (non-hydrogen) atoms. The minimum Gasteiger partial charge on any atom is -0.504 e. The Morgan fingerprint density at radius 3 is 2.86 bits per heavy atom. The Balaban J connectivity index is 1.83. The molecule has 1 aliphatic rings. The molecule has 2 N–H and O–H groups in total. The van der Waals surface area contributed by atoms with E-state index in [9.17, 15) is 9.90 Å². The number of rotatable bonds is 3. The molecule has 1 aromatic heterocycles. The highest BCUT2D eigenvalue weighted by atomic mass is 16.3. The molecule has 1 fully saturated rings. The number of likely N-dealkylation sites (N-methyl/N-ethyl adjacent to an activating group) is 1. The van der Waals surface area contributed by atoms with E-state index in [-0.39, 0.29) is 17.4 Å². The minimum atomic E-state index is -0.216. The van der Waals surface area contributed by atoms with E-state index >= 15 is 0 Å². The number of benzene rings is 1. The van der Waals surface area contributed by atoms with Crippen molar-refractivity contribution in [3.63, 3.8) is 0 Å². The highest BCUT2D eigenvalue weighted by Gasteiger charge is 2.27. The fourth-order valence-corrected chi connectivity index (χ4v) is 2.78. The third-order valence-corrected chi connectivity index (χ3v) is 4.04. The number of hydrogen-bond donors (Lipinski definition) is 2. The van der Waals surface area contributed by atoms with Crippen molar-refractivity contribution >= 4 is 5.91 Å². The summed E-state index contributed by atoms with van der Waals surface area (Å²) in [5, 5.41) is 17.5. The molecular weight excluding hydrogens is 280 g/mol. The Morgan fingerprint density at radius 2 is 2.14 bits per heavy atom. The van der Waals surface area contributed by atoms with Crippen molar-refractivity contribution in [2.75, 3.05) is 20.1 Å². The molecular formula is C16H20N4O2. The van der Waals surface area contributed by atoms with Crippen LogP contribution in [0.1, 0.15) is 23.3 Å². The lowest BCUT2D eigenvalue weighted by molar-refractivity contribution is 0.0688. The van der Waals surface area contributed by atoms with Gasteiger partial charge in [0, 0.05) is 19.1 Å². The van der Waals surface area contributed by atoms with Gasteiger partial charge in [0.25, 0.3) is 5.91 Å². The molecule has 1 atom stereocenters. The number of amides is 1. The van der Waals surface area contributed by atoms with Crippen molar-refractivity contribution in [2.45, 2.75) is 18.9 Å². The van der Waals surface area contributed by atoms with Crippen molar-refractivity contribution in [2.24, 2.45) is 0 Å². The second kappa shape index (κ2) is 6.19. The zero-order valence-corrected chi connectivity index (χ0v) is 12.6. The molecule has 6 nitrogen and oxygen atoms in total. The van der Waals surface area contributed by atoms with E-state index in [0.717, 1.165) is 18.5 Å². The molecule has 0 bridgehead atoms. The van der Waals surface area contributed by atoms with Gasteiger partial charge in [0.05, 0.1) is 11.9 Å². The average Bonchev–Trinajstić information content (AvgIpc) is 2.97. The van der Waals surface area contributed by atoms with Crippen LogP contribution < -0.4 is 5.32 Å². The zero-order chi connectivity index (χ0) is 15.5. The van der Waals surface area contributed by atoms with Crippen LogP contribution in [0.5, 0.6) is 5.75 Å². The standard InChI is InChI=1S/C16H20N4O2/c1-17-12-6-5-9-19(10-12)16(22)15-14(21)11-20(18-15)13-7-3-2-4-8-13/h2-4,7-8,11-12,17,21H,5-6,9-10H2,1H3/t12-/m0/s1. The molecule has 1 aromatic carbocycles. The van der Waals surface area contributed by atoms with E-state index in [1.54, 1.807) is 4.90 Å². The van der Waals surface area contributed by atoms with E-state index in [2.05, 4.69) is 10.4 Å². The molecule has 0 unspecified atom stereocenters. The number of aromatic hydroxyl groups is 1. The maximum Gasteiger partial charge on any atom is 0.278 e. The van der Waals surface area contributed by atoms with E-state index in [4.69, 9.17) is 0 Å². The summed E-state index contributed by atoms with van der Waals surface area (Å²) in [4.78, 5) is 14.3. The Hall–Kier alpha value is -2.34. The first kappa shape index (κ1) is 14.6. The number of nitrogens with zero attached hydrogens (tertiary/aromatic N) is 3. The molecule has 1 aliphatic heterocycles. The number of carbonyl (C=O) groups excluding carboxylic acids is 1. The third kappa shape index (κ3) is 2.82. The lowest BCUT2D eigenvalue weighted by Crippen LogP contribution is -2.47. The van der Waals surface area contributed by atoms with Gasteiger partial charge in [-0.2, -0.15) is 5.10 Å². The lowest BCUT2D eigenvalue weighted by Gasteiger charge is -2.32. The molecule has 1 saturated heterocycles. The Labute approximate surface area is 129 Å². The van der Waals surface area contributed by atoms with E-state index in [0.29, 0.717) is 19.1 Å². The summed E-state index contributed by atoms with van der Waals surface area (Å²) in [6.07, 6.45) is 3.49. The Morgan fingerprint density at radius 1 is 1.36 bits per heavy atom. The molecule has 0 saturated carbocycles. The van der Waals surface area contributed by atoms with Gasteiger partial charge < -0.3 is 15.3 Å². The molecule has 1 amide bonds. The number of likely N-dealkylation sites (tertiary alicyclic amines) is 1. The van der Waals surface area contributed by atoms with Crippen LogP contribution in [0.15, 0.2) is 36.5 Å². The van der Waals surface area contributed by atoms with Crippen LogP contribution >= 0.6 is 0 Å². The summed E-state index contributed by atoms with van der Waals surface area (Å²) in [5.41, 5.74) is 0.921. The number of carbonyl (C=O) groups is 1. The maximum atomic E-state index is 12.6. The molecule has 2 heterocycles. The van der Waals surface area contributed by atoms with Crippen LogP contribution in [-0.2, 0) is 0 Å². The summed E-state index contributed by atoms with van der Waals surface area (Å²) < 4.78 is 1.53. The van der Waals surface area contributed by atoms with Gasteiger partial charge in [-0.15, -0.1) is 0 Å². The highest BCUT2D eigenvalue weighted by molar-refractivity contribution is 5.95. The monoisotopic (exact) mass is 300 g/mol. The second-order valence-corrected chi connectivity index (χ2v) is 5.52. The summed E-state index contributed by atoms with van der Waals surface area (Å²) in [6.45, 7) is 1.35. The average molecular weight is 300 g/mol. The predicted molar refractivity (Wildman–Crippen MR) is 83.2 cm³/mol. The van der Waals surface area contributed by atoms with E-state index in [1.165, 1.54) is 10.9 Å². The summed E-state index contributed by atoms with van der Waals surface area (Å²) in [5.74, 6) is -0.299. The number of para-hydroxylation sites is 1. The number of hydrogen-bond acceptors (Lipinski definition) is 4. The van der Waals surface area contributed by atoms with Gasteiger partial charge in [0.2, 0.25) is 0 Å². The van der Waals surface area contributed by atoms with Crippen LogP contribution in [0.3, 0.4) is 0 Å². The predicted octanol–water partition coefficient (Wildman–Crippen LogP) is 1.40. The molecule has 3 rings (SSSR count). The fourth-order valence-electron chi connectivity index (χ4n) is 2.78. The smallest absolute Gasteiger partial charge is 0.278 e. The maximum absolute atomic E-state index is 12.6. The van der Waals surface area contributed by atoms with Crippen LogP contribution in [-0.4, -0.2) is 51.9 Å². The Kier molecular flexibility index (Phi) is 4.11. The molecule has 0 spiro atoms. The minimum absolute atomic E-state index is 0.0829. The lowest BCUT2D eigenvalue weighted by atomic mass is 10.1. The topological polar surface area (TPSA) is 70.4 Å². The molecule has 0 radical (unpaired) electrons. The normalized spacial score (nSPS) is 18.4. The van der Waals surface area contributed by atoms with Crippen molar-refractivity contribution < 1.29 is 9.90 Å². The first-order valence-corrected chi connectivity index (χ1v) is 7.49. The van der Waals surface area contributed by atoms with Crippen LogP contribution in [0.25, 0.3) is 5.69 Å². The molecule has 6 heteroatoms. The van der Waals surface area contributed by atoms with Gasteiger partial charge >= 0.3 is 0 Å². The van der Waals surface area contributed by atoms with Gasteiger partial charge in [-0.3, -0.25) is 4.79 Å². The largest absolute Gasteiger partial charge is 0.504 e. The van der Waals surface area contributed by atoms with Gasteiger partial charge in [-0.1, -0.05) is 18.2 Å². The molecule has 2 aromatic rings. The summed E-state index contributed by atoms with van der Waals surface area (Å²) in [7, 11) is 1.90. The fraction of sp³-hybridized carbons (Fsp3) is 0.375. The number of nitrogens with one attached hydrogen (secondary N) is 1.